The van der Waals surface area contributed by atoms with Crippen LogP contribution in [0.1, 0.15) is 29.2 Å². The largest absolute Gasteiger partial charge is 0.312 e. The first-order valence-electron chi connectivity index (χ1n) is 8.78. The zero-order valence-electron chi connectivity index (χ0n) is 13.3. The third kappa shape index (κ3) is 2.18. The minimum Gasteiger partial charge on any atom is -0.312 e. The summed E-state index contributed by atoms with van der Waals surface area (Å²) in [6.07, 6.45) is 3.63. The molecule has 2 aromatic rings. The molecule has 1 fully saturated rings. The molecule has 0 radical (unpaired) electrons. The molecule has 1 saturated heterocycles. The molecule has 23 heavy (non-hydrogen) atoms. The van der Waals surface area contributed by atoms with Gasteiger partial charge in [0.25, 0.3) is 5.56 Å². The summed E-state index contributed by atoms with van der Waals surface area (Å²) < 4.78 is 2.03. The quantitative estimate of drug-likeness (QED) is 0.808. The van der Waals surface area contributed by atoms with Gasteiger partial charge in [-0.05, 0) is 42.4 Å². The second-order valence-corrected chi connectivity index (χ2v) is 7.48. The van der Waals surface area contributed by atoms with E-state index in [9.17, 15) is 4.79 Å². The Morgan fingerprint density at radius 2 is 1.65 bits per heavy atom. The summed E-state index contributed by atoms with van der Waals surface area (Å²) in [5.41, 5.74) is 4.50. The molecule has 0 unspecified atom stereocenters. The smallest absolute Gasteiger partial charge is 0.250 e. The first-order chi connectivity index (χ1) is 11.3. The van der Waals surface area contributed by atoms with Crippen molar-refractivity contribution in [1.29, 1.82) is 0 Å². The molecule has 5 rings (SSSR count). The predicted octanol–water partition coefficient (Wildman–Crippen LogP) is 2.43. The fourth-order valence-electron chi connectivity index (χ4n) is 5.03. The highest BCUT2D eigenvalue weighted by Gasteiger charge is 2.38. The molecule has 3 heteroatoms. The summed E-state index contributed by atoms with van der Waals surface area (Å²) in [4.78, 5) is 14.8. The van der Waals surface area contributed by atoms with E-state index in [1.165, 1.54) is 36.1 Å². The molecule has 1 aromatic carbocycles. The minimum absolute atomic E-state index is 0.180. The number of pyridine rings is 1. The predicted molar refractivity (Wildman–Crippen MR) is 90.8 cm³/mol. The second kappa shape index (κ2) is 5.07. The molecule has 0 saturated carbocycles. The van der Waals surface area contributed by atoms with Crippen molar-refractivity contribution in [2.75, 3.05) is 13.1 Å². The van der Waals surface area contributed by atoms with Gasteiger partial charge in [-0.3, -0.25) is 9.69 Å². The van der Waals surface area contributed by atoms with Gasteiger partial charge in [0, 0.05) is 43.4 Å². The molecule has 1 aliphatic carbocycles. The second-order valence-electron chi connectivity index (χ2n) is 7.48. The Hall–Kier alpha value is -1.87. The summed E-state index contributed by atoms with van der Waals surface area (Å²) in [6.45, 7) is 3.16. The van der Waals surface area contributed by atoms with Gasteiger partial charge in [0.05, 0.1) is 0 Å². The fourth-order valence-corrected chi connectivity index (χ4v) is 5.03. The van der Waals surface area contributed by atoms with Crippen LogP contribution in [-0.4, -0.2) is 28.6 Å². The monoisotopic (exact) mass is 306 g/mol. The van der Waals surface area contributed by atoms with Crippen LogP contribution in [0.4, 0.5) is 0 Å². The molecular weight excluding hydrogens is 284 g/mol. The van der Waals surface area contributed by atoms with E-state index in [-0.39, 0.29) is 5.56 Å². The Balaban J connectivity index is 1.42. The molecule has 0 spiro atoms. The summed E-state index contributed by atoms with van der Waals surface area (Å²) in [6, 6.07) is 15.3. The maximum Gasteiger partial charge on any atom is 0.250 e. The van der Waals surface area contributed by atoms with Gasteiger partial charge in [0.2, 0.25) is 0 Å². The number of hydrogen-bond acceptors (Lipinski definition) is 2. The Morgan fingerprint density at radius 3 is 2.43 bits per heavy atom. The van der Waals surface area contributed by atoms with Gasteiger partial charge in [-0.1, -0.05) is 30.3 Å². The fraction of sp³-hybridized carbons (Fsp3) is 0.450. The van der Waals surface area contributed by atoms with E-state index in [0.717, 1.165) is 19.6 Å². The van der Waals surface area contributed by atoms with Crippen LogP contribution in [0.25, 0.3) is 0 Å². The Labute approximate surface area is 136 Å². The average Bonchev–Trinajstić information content (AvgIpc) is 3.00. The number of likely N-dealkylation sites (tertiary alicyclic amines) is 1. The molecule has 2 bridgehead atoms. The molecule has 1 aromatic heterocycles. The maximum absolute atomic E-state index is 12.1. The average molecular weight is 306 g/mol. The van der Waals surface area contributed by atoms with Crippen molar-refractivity contribution < 1.29 is 0 Å². The first-order valence-corrected chi connectivity index (χ1v) is 8.78. The van der Waals surface area contributed by atoms with Gasteiger partial charge >= 0.3 is 0 Å². The minimum atomic E-state index is 0.180. The standard InChI is InChI=1S/C20H22N2O/c23-20-7-3-6-19-17-8-14(12-22(19)20)11-21(13-17)18-9-15-4-1-2-5-16(15)10-18/h1-7,14,17-18H,8-13H2/t14-,17+/m0/s1. The Bertz CT molecular complexity index is 784. The molecule has 3 aliphatic rings. The van der Waals surface area contributed by atoms with E-state index in [4.69, 9.17) is 0 Å². The summed E-state index contributed by atoms with van der Waals surface area (Å²) in [5.74, 6) is 1.16. The lowest BCUT2D eigenvalue weighted by atomic mass is 9.82. The van der Waals surface area contributed by atoms with Gasteiger partial charge in [-0.2, -0.15) is 0 Å². The number of piperidine rings is 1. The zero-order valence-corrected chi connectivity index (χ0v) is 13.3. The third-order valence-corrected chi connectivity index (χ3v) is 6.05. The first kappa shape index (κ1) is 13.6. The third-order valence-electron chi connectivity index (χ3n) is 6.05. The van der Waals surface area contributed by atoms with Crippen molar-refractivity contribution in [3.05, 3.63) is 69.6 Å². The van der Waals surface area contributed by atoms with Crippen molar-refractivity contribution >= 4 is 0 Å². The normalized spacial score (nSPS) is 26.8. The highest BCUT2D eigenvalue weighted by molar-refractivity contribution is 5.33. The van der Waals surface area contributed by atoms with Crippen molar-refractivity contribution in [3.8, 4) is 0 Å². The van der Waals surface area contributed by atoms with Crippen LogP contribution in [0.3, 0.4) is 0 Å². The van der Waals surface area contributed by atoms with Crippen molar-refractivity contribution in [1.82, 2.24) is 9.47 Å². The van der Waals surface area contributed by atoms with Crippen LogP contribution in [0.15, 0.2) is 47.3 Å². The van der Waals surface area contributed by atoms with Gasteiger partial charge in [-0.15, -0.1) is 0 Å². The summed E-state index contributed by atoms with van der Waals surface area (Å²) in [7, 11) is 0. The number of rotatable bonds is 1. The van der Waals surface area contributed by atoms with E-state index >= 15 is 0 Å². The number of benzene rings is 1. The van der Waals surface area contributed by atoms with E-state index in [1.807, 2.05) is 10.6 Å². The van der Waals surface area contributed by atoms with E-state index < -0.39 is 0 Å². The Kier molecular flexibility index (Phi) is 2.99. The molecule has 118 valence electrons. The van der Waals surface area contributed by atoms with Gasteiger partial charge < -0.3 is 4.57 Å². The number of aromatic nitrogens is 1. The molecule has 2 aliphatic heterocycles. The Morgan fingerprint density at radius 1 is 0.870 bits per heavy atom. The highest BCUT2D eigenvalue weighted by Crippen LogP contribution is 2.37. The zero-order chi connectivity index (χ0) is 15.4. The van der Waals surface area contributed by atoms with E-state index in [1.54, 1.807) is 6.07 Å². The number of nitrogens with zero attached hydrogens (tertiary/aromatic N) is 2. The van der Waals surface area contributed by atoms with Crippen LogP contribution < -0.4 is 5.56 Å². The van der Waals surface area contributed by atoms with Gasteiger partial charge in [0.1, 0.15) is 0 Å². The van der Waals surface area contributed by atoms with E-state index in [0.29, 0.717) is 17.9 Å². The molecule has 0 amide bonds. The van der Waals surface area contributed by atoms with Crippen molar-refractivity contribution in [2.45, 2.75) is 37.8 Å². The summed E-state index contributed by atoms with van der Waals surface area (Å²) in [5, 5.41) is 0. The van der Waals surface area contributed by atoms with Crippen molar-refractivity contribution in [3.63, 3.8) is 0 Å². The lowest BCUT2D eigenvalue weighted by Gasteiger charge is -2.45. The molecule has 3 nitrogen and oxygen atoms in total. The van der Waals surface area contributed by atoms with Crippen LogP contribution in [0.2, 0.25) is 0 Å². The lowest BCUT2D eigenvalue weighted by molar-refractivity contribution is 0.0847. The highest BCUT2D eigenvalue weighted by atomic mass is 16.1. The number of hydrogen-bond donors (Lipinski definition) is 0. The SMILES string of the molecule is O=c1cccc2n1C[C@H]1C[C@@H]2CN(C2Cc3ccccc3C2)C1. The lowest BCUT2D eigenvalue weighted by Crippen LogP contribution is -2.50. The summed E-state index contributed by atoms with van der Waals surface area (Å²) >= 11 is 0. The van der Waals surface area contributed by atoms with Crippen LogP contribution in [0, 0.1) is 5.92 Å². The van der Waals surface area contributed by atoms with Crippen LogP contribution in [-0.2, 0) is 19.4 Å². The molecular formula is C20H22N2O. The number of fused-ring (bicyclic) bond motifs is 5. The molecule has 0 N–H and O–H groups in total. The molecule has 2 atom stereocenters. The van der Waals surface area contributed by atoms with Crippen LogP contribution in [0.5, 0.6) is 0 Å². The van der Waals surface area contributed by atoms with Crippen LogP contribution >= 0.6 is 0 Å². The van der Waals surface area contributed by atoms with E-state index in [2.05, 4.69) is 35.2 Å². The van der Waals surface area contributed by atoms with Crippen molar-refractivity contribution in [2.24, 2.45) is 5.92 Å². The maximum atomic E-state index is 12.1. The molecule has 3 heterocycles. The topological polar surface area (TPSA) is 25.2 Å². The van der Waals surface area contributed by atoms with Gasteiger partial charge in [0.15, 0.2) is 0 Å². The van der Waals surface area contributed by atoms with Gasteiger partial charge in [-0.25, -0.2) is 0 Å².